The van der Waals surface area contributed by atoms with Gasteiger partial charge in [-0.3, -0.25) is 0 Å². The number of carbonyl (C=O) groups is 1. The van der Waals surface area contributed by atoms with Crippen LogP contribution >= 0.6 is 27.5 Å². The molecule has 32 heavy (non-hydrogen) atoms. The van der Waals surface area contributed by atoms with E-state index in [4.69, 9.17) is 25.8 Å². The van der Waals surface area contributed by atoms with Crippen molar-refractivity contribution in [3.05, 3.63) is 86.8 Å². The molecule has 0 aromatic heterocycles. The van der Waals surface area contributed by atoms with Gasteiger partial charge in [0.2, 0.25) is 0 Å². The van der Waals surface area contributed by atoms with E-state index in [1.807, 2.05) is 55.5 Å². The molecule has 5 nitrogen and oxygen atoms in total. The lowest BCUT2D eigenvalue weighted by atomic mass is 10.1. The molecule has 0 aliphatic carbocycles. The number of esters is 1. The highest BCUT2D eigenvalue weighted by Gasteiger charge is 2.12. The minimum absolute atomic E-state index is 0.324. The van der Waals surface area contributed by atoms with Crippen LogP contribution in [0, 0.1) is 0 Å². The van der Waals surface area contributed by atoms with Crippen LogP contribution in [0.3, 0.4) is 0 Å². The lowest BCUT2D eigenvalue weighted by Gasteiger charge is -2.16. The highest BCUT2D eigenvalue weighted by atomic mass is 79.9. The fraction of sp³-hybridized carbons (Fsp3) is 0.240. The first kappa shape index (κ1) is 24.0. The van der Waals surface area contributed by atoms with Crippen molar-refractivity contribution < 1.29 is 19.0 Å². The van der Waals surface area contributed by atoms with Gasteiger partial charge in [-0.05, 0) is 61.9 Å². The van der Waals surface area contributed by atoms with Gasteiger partial charge in [0.15, 0.2) is 11.5 Å². The van der Waals surface area contributed by atoms with Gasteiger partial charge in [0.25, 0.3) is 0 Å². The van der Waals surface area contributed by atoms with Gasteiger partial charge in [-0.1, -0.05) is 45.7 Å². The van der Waals surface area contributed by atoms with Crippen LogP contribution in [0.2, 0.25) is 5.02 Å². The van der Waals surface area contributed by atoms with E-state index >= 15 is 0 Å². The lowest BCUT2D eigenvalue weighted by Crippen LogP contribution is -2.06. The van der Waals surface area contributed by atoms with Gasteiger partial charge in [0, 0.05) is 27.3 Å². The molecule has 0 fully saturated rings. The number of ether oxygens (including phenoxy) is 3. The molecule has 1 N–H and O–H groups in total. The largest absolute Gasteiger partial charge is 0.490 e. The van der Waals surface area contributed by atoms with Crippen LogP contribution in [-0.4, -0.2) is 19.2 Å². The molecule has 0 bridgehead atoms. The molecule has 3 rings (SSSR count). The first-order chi connectivity index (χ1) is 15.5. The van der Waals surface area contributed by atoms with Gasteiger partial charge in [0.1, 0.15) is 6.61 Å². The van der Waals surface area contributed by atoms with Crippen LogP contribution in [0.5, 0.6) is 11.5 Å². The number of hydrogen-bond donors (Lipinski definition) is 1. The Morgan fingerprint density at radius 2 is 1.66 bits per heavy atom. The third-order valence-corrected chi connectivity index (χ3v) is 5.74. The Hall–Kier alpha value is -2.70. The summed E-state index contributed by atoms with van der Waals surface area (Å²) in [6.45, 7) is 5.50. The predicted octanol–water partition coefficient (Wildman–Crippen LogP) is 6.87. The molecule has 0 aliphatic rings. The van der Waals surface area contributed by atoms with Crippen molar-refractivity contribution in [3.63, 3.8) is 0 Å². The summed E-state index contributed by atoms with van der Waals surface area (Å²) in [5.41, 5.74) is 3.33. The molecule has 3 aromatic rings. The summed E-state index contributed by atoms with van der Waals surface area (Å²) in [4.78, 5) is 11.8. The summed E-state index contributed by atoms with van der Waals surface area (Å²) in [6.07, 6.45) is 0. The number of nitrogens with one attached hydrogen (secondary N) is 1. The molecule has 0 spiro atoms. The maximum atomic E-state index is 11.8. The van der Waals surface area contributed by atoms with E-state index in [2.05, 4.69) is 21.2 Å². The SMILES string of the molecule is CCOC(=O)c1ccc(NCc2cc(OCC)c(OCc3ccccc3Cl)cc2Br)cc1. The molecule has 168 valence electrons. The van der Waals surface area contributed by atoms with Gasteiger partial charge in [-0.2, -0.15) is 0 Å². The highest BCUT2D eigenvalue weighted by Crippen LogP contribution is 2.35. The zero-order chi connectivity index (χ0) is 22.9. The van der Waals surface area contributed by atoms with Gasteiger partial charge >= 0.3 is 5.97 Å². The smallest absolute Gasteiger partial charge is 0.338 e. The fourth-order valence-electron chi connectivity index (χ4n) is 3.00. The average Bonchev–Trinajstić information content (AvgIpc) is 2.79. The average molecular weight is 519 g/mol. The zero-order valence-corrected chi connectivity index (χ0v) is 20.3. The number of benzene rings is 3. The van der Waals surface area contributed by atoms with E-state index in [1.165, 1.54) is 0 Å². The molecule has 0 heterocycles. The second-order valence-electron chi connectivity index (χ2n) is 6.85. The third-order valence-electron chi connectivity index (χ3n) is 4.63. The van der Waals surface area contributed by atoms with Crippen LogP contribution < -0.4 is 14.8 Å². The minimum atomic E-state index is -0.324. The van der Waals surface area contributed by atoms with E-state index < -0.39 is 0 Å². The zero-order valence-electron chi connectivity index (χ0n) is 18.0. The Labute approximate surface area is 201 Å². The number of hydrogen-bond acceptors (Lipinski definition) is 5. The standard InChI is InChI=1S/C25H25BrClNO4/c1-3-30-23-13-19(15-28-20-11-9-17(10-12-20)25(29)31-4-2)21(26)14-24(23)32-16-18-7-5-6-8-22(18)27/h5-14,28H,3-4,15-16H2,1-2H3. The third kappa shape index (κ3) is 6.40. The minimum Gasteiger partial charge on any atom is -0.490 e. The normalized spacial score (nSPS) is 10.5. The first-order valence-corrected chi connectivity index (χ1v) is 11.5. The number of halogens is 2. The van der Waals surface area contributed by atoms with Crippen LogP contribution in [0.15, 0.2) is 65.1 Å². The Kier molecular flexibility index (Phi) is 8.82. The molecule has 0 amide bonds. The highest BCUT2D eigenvalue weighted by molar-refractivity contribution is 9.10. The van der Waals surface area contributed by atoms with Crippen molar-refractivity contribution >= 4 is 39.2 Å². The Morgan fingerprint density at radius 3 is 2.34 bits per heavy atom. The topological polar surface area (TPSA) is 56.8 Å². The Bertz CT molecular complexity index is 1060. The summed E-state index contributed by atoms with van der Waals surface area (Å²) in [6, 6.07) is 18.6. The fourth-order valence-corrected chi connectivity index (χ4v) is 3.65. The second kappa shape index (κ2) is 11.8. The van der Waals surface area contributed by atoms with Gasteiger partial charge in [0.05, 0.1) is 18.8 Å². The number of carbonyl (C=O) groups excluding carboxylic acids is 1. The van der Waals surface area contributed by atoms with E-state index in [9.17, 15) is 4.79 Å². The Morgan fingerprint density at radius 1 is 0.938 bits per heavy atom. The van der Waals surface area contributed by atoms with Gasteiger partial charge < -0.3 is 19.5 Å². The molecule has 7 heteroatoms. The van der Waals surface area contributed by atoms with Gasteiger partial charge in [-0.25, -0.2) is 4.79 Å². The van der Waals surface area contributed by atoms with E-state index in [-0.39, 0.29) is 5.97 Å². The monoisotopic (exact) mass is 517 g/mol. The van der Waals surface area contributed by atoms with Crippen LogP contribution in [0.4, 0.5) is 5.69 Å². The summed E-state index contributed by atoms with van der Waals surface area (Å²) < 4.78 is 17.7. The summed E-state index contributed by atoms with van der Waals surface area (Å²) >= 11 is 9.87. The maximum absolute atomic E-state index is 11.8. The van der Waals surface area contributed by atoms with Gasteiger partial charge in [-0.15, -0.1) is 0 Å². The maximum Gasteiger partial charge on any atom is 0.338 e. The van der Waals surface area contributed by atoms with Crippen molar-refractivity contribution in [3.8, 4) is 11.5 Å². The molecule has 0 saturated heterocycles. The van der Waals surface area contributed by atoms with Crippen LogP contribution in [0.1, 0.15) is 35.3 Å². The molecule has 0 radical (unpaired) electrons. The van der Waals surface area contributed by atoms with E-state index in [1.54, 1.807) is 19.1 Å². The predicted molar refractivity (Wildman–Crippen MR) is 131 cm³/mol. The first-order valence-electron chi connectivity index (χ1n) is 10.3. The number of rotatable bonds is 10. The molecule has 0 unspecified atom stereocenters. The molecule has 3 aromatic carbocycles. The second-order valence-corrected chi connectivity index (χ2v) is 8.12. The molecular formula is C25H25BrClNO4. The summed E-state index contributed by atoms with van der Waals surface area (Å²) in [5, 5.41) is 4.02. The quantitative estimate of drug-likeness (QED) is 0.297. The summed E-state index contributed by atoms with van der Waals surface area (Å²) in [5.74, 6) is 0.980. The van der Waals surface area contributed by atoms with Crippen molar-refractivity contribution in [1.82, 2.24) is 0 Å². The summed E-state index contributed by atoms with van der Waals surface area (Å²) in [7, 11) is 0. The molecule has 0 aliphatic heterocycles. The van der Waals surface area contributed by atoms with Crippen molar-refractivity contribution in [1.29, 1.82) is 0 Å². The van der Waals surface area contributed by atoms with E-state index in [0.29, 0.717) is 48.5 Å². The van der Waals surface area contributed by atoms with Crippen molar-refractivity contribution in [2.45, 2.75) is 27.0 Å². The van der Waals surface area contributed by atoms with E-state index in [0.717, 1.165) is 21.3 Å². The lowest BCUT2D eigenvalue weighted by molar-refractivity contribution is 0.0526. The molecule has 0 atom stereocenters. The van der Waals surface area contributed by atoms with Crippen molar-refractivity contribution in [2.75, 3.05) is 18.5 Å². The van der Waals surface area contributed by atoms with Crippen LogP contribution in [0.25, 0.3) is 0 Å². The number of anilines is 1. The Balaban J connectivity index is 1.70. The van der Waals surface area contributed by atoms with Crippen molar-refractivity contribution in [2.24, 2.45) is 0 Å². The molecule has 0 saturated carbocycles. The van der Waals surface area contributed by atoms with Crippen LogP contribution in [-0.2, 0) is 17.9 Å². The molecular weight excluding hydrogens is 494 g/mol.